The summed E-state index contributed by atoms with van der Waals surface area (Å²) in [5.41, 5.74) is 1.30. The van der Waals surface area contributed by atoms with Crippen LogP contribution < -0.4 is 4.90 Å². The van der Waals surface area contributed by atoms with Crippen molar-refractivity contribution in [3.63, 3.8) is 0 Å². The van der Waals surface area contributed by atoms with E-state index in [-0.39, 0.29) is 11.8 Å². The van der Waals surface area contributed by atoms with Crippen LogP contribution in [0.4, 0.5) is 5.69 Å². The summed E-state index contributed by atoms with van der Waals surface area (Å²) in [6.07, 6.45) is 0. The minimum atomic E-state index is -0.170. The third kappa shape index (κ3) is 2.24. The van der Waals surface area contributed by atoms with Crippen molar-refractivity contribution in [2.45, 2.75) is 0 Å². The van der Waals surface area contributed by atoms with Gasteiger partial charge in [-0.15, -0.1) is 11.6 Å². The third-order valence-electron chi connectivity index (χ3n) is 1.87. The standard InChI is InChI=1S/C10H9ClN2O/c1-13(10(14)6-11)9-4-2-8(7-12)3-5-9/h2-5H,6H2,1H3. The normalized spacial score (nSPS) is 9.21. The molecule has 0 saturated heterocycles. The molecule has 0 aromatic heterocycles. The minimum Gasteiger partial charge on any atom is -0.314 e. The van der Waals surface area contributed by atoms with Gasteiger partial charge >= 0.3 is 0 Å². The number of carbonyl (C=O) groups is 1. The highest BCUT2D eigenvalue weighted by molar-refractivity contribution is 6.29. The van der Waals surface area contributed by atoms with Gasteiger partial charge in [-0.2, -0.15) is 5.26 Å². The number of hydrogen-bond acceptors (Lipinski definition) is 2. The molecule has 3 nitrogen and oxygen atoms in total. The molecule has 14 heavy (non-hydrogen) atoms. The maximum atomic E-state index is 11.2. The zero-order valence-electron chi connectivity index (χ0n) is 7.70. The lowest BCUT2D eigenvalue weighted by atomic mass is 10.2. The van der Waals surface area contributed by atoms with Gasteiger partial charge in [0.15, 0.2) is 0 Å². The minimum absolute atomic E-state index is 0.0451. The SMILES string of the molecule is CN(C(=O)CCl)c1ccc(C#N)cc1. The molecule has 0 aliphatic rings. The summed E-state index contributed by atoms with van der Waals surface area (Å²) in [7, 11) is 1.64. The van der Waals surface area contributed by atoms with Crippen molar-refractivity contribution in [2.75, 3.05) is 17.8 Å². The quantitative estimate of drug-likeness (QED) is 0.696. The lowest BCUT2D eigenvalue weighted by molar-refractivity contribution is -0.116. The molecular formula is C10H9ClN2O. The molecule has 1 amide bonds. The molecule has 0 N–H and O–H groups in total. The fourth-order valence-corrected chi connectivity index (χ4v) is 1.17. The Morgan fingerprint density at radius 1 is 1.50 bits per heavy atom. The van der Waals surface area contributed by atoms with Crippen LogP contribution in [-0.4, -0.2) is 18.8 Å². The topological polar surface area (TPSA) is 44.1 Å². The maximum Gasteiger partial charge on any atom is 0.241 e. The van der Waals surface area contributed by atoms with Crippen LogP contribution in [0.5, 0.6) is 0 Å². The van der Waals surface area contributed by atoms with Crippen molar-refractivity contribution in [2.24, 2.45) is 0 Å². The molecular weight excluding hydrogens is 200 g/mol. The van der Waals surface area contributed by atoms with Gasteiger partial charge in [-0.3, -0.25) is 4.79 Å². The molecule has 1 rings (SSSR count). The first-order valence-corrected chi connectivity index (χ1v) is 4.55. The summed E-state index contributed by atoms with van der Waals surface area (Å²) in [5.74, 6) is -0.215. The molecule has 0 fully saturated rings. The Kier molecular flexibility index (Phi) is 3.49. The van der Waals surface area contributed by atoms with Crippen LogP contribution in [0.1, 0.15) is 5.56 Å². The number of nitrogens with zero attached hydrogens (tertiary/aromatic N) is 2. The molecule has 0 bridgehead atoms. The number of hydrogen-bond donors (Lipinski definition) is 0. The first kappa shape index (κ1) is 10.6. The Hall–Kier alpha value is -1.53. The van der Waals surface area contributed by atoms with Gasteiger partial charge in [-0.25, -0.2) is 0 Å². The molecule has 1 aromatic carbocycles. The fourth-order valence-electron chi connectivity index (χ4n) is 0.993. The molecule has 0 aliphatic carbocycles. The number of benzene rings is 1. The molecule has 0 atom stereocenters. The Morgan fingerprint density at radius 2 is 2.07 bits per heavy atom. The monoisotopic (exact) mass is 208 g/mol. The predicted molar refractivity (Wildman–Crippen MR) is 55.3 cm³/mol. The summed E-state index contributed by atoms with van der Waals surface area (Å²) in [4.78, 5) is 12.6. The van der Waals surface area contributed by atoms with E-state index in [0.717, 1.165) is 5.69 Å². The highest BCUT2D eigenvalue weighted by Gasteiger charge is 2.08. The van der Waals surface area contributed by atoms with Crippen molar-refractivity contribution < 1.29 is 4.79 Å². The smallest absolute Gasteiger partial charge is 0.241 e. The number of halogens is 1. The van der Waals surface area contributed by atoms with Gasteiger partial charge in [0.1, 0.15) is 5.88 Å². The maximum absolute atomic E-state index is 11.2. The van der Waals surface area contributed by atoms with E-state index in [1.54, 1.807) is 31.3 Å². The summed E-state index contributed by atoms with van der Waals surface area (Å²) in [5, 5.41) is 8.57. The zero-order valence-corrected chi connectivity index (χ0v) is 8.45. The van der Waals surface area contributed by atoms with E-state index >= 15 is 0 Å². The molecule has 0 radical (unpaired) electrons. The first-order valence-electron chi connectivity index (χ1n) is 4.01. The molecule has 4 heteroatoms. The Bertz CT molecular complexity index is 367. The molecule has 0 heterocycles. The second-order valence-corrected chi connectivity index (χ2v) is 3.01. The van der Waals surface area contributed by atoms with Crippen molar-refractivity contribution in [3.8, 4) is 6.07 Å². The van der Waals surface area contributed by atoms with E-state index in [9.17, 15) is 4.79 Å². The molecule has 72 valence electrons. The number of anilines is 1. The molecule has 0 saturated carbocycles. The number of alkyl halides is 1. The van der Waals surface area contributed by atoms with Crippen LogP contribution in [0.2, 0.25) is 0 Å². The third-order valence-corrected chi connectivity index (χ3v) is 2.10. The molecule has 0 aliphatic heterocycles. The number of amides is 1. The lowest BCUT2D eigenvalue weighted by Crippen LogP contribution is -2.27. The highest BCUT2D eigenvalue weighted by atomic mass is 35.5. The number of rotatable bonds is 2. The van der Waals surface area contributed by atoms with Crippen LogP contribution in [0.3, 0.4) is 0 Å². The van der Waals surface area contributed by atoms with E-state index in [4.69, 9.17) is 16.9 Å². The van der Waals surface area contributed by atoms with Crippen LogP contribution >= 0.6 is 11.6 Å². The van der Waals surface area contributed by atoms with Crippen LogP contribution in [0.15, 0.2) is 24.3 Å². The van der Waals surface area contributed by atoms with Crippen molar-refractivity contribution in [3.05, 3.63) is 29.8 Å². The Morgan fingerprint density at radius 3 is 2.50 bits per heavy atom. The summed E-state index contributed by atoms with van der Waals surface area (Å²) >= 11 is 5.41. The summed E-state index contributed by atoms with van der Waals surface area (Å²) in [6.45, 7) is 0. The zero-order chi connectivity index (χ0) is 10.6. The van der Waals surface area contributed by atoms with E-state index in [0.29, 0.717) is 5.56 Å². The van der Waals surface area contributed by atoms with Gasteiger partial charge in [-0.05, 0) is 24.3 Å². The lowest BCUT2D eigenvalue weighted by Gasteiger charge is -2.15. The summed E-state index contributed by atoms with van der Waals surface area (Å²) in [6, 6.07) is 8.75. The van der Waals surface area contributed by atoms with Crippen LogP contribution in [-0.2, 0) is 4.79 Å². The average Bonchev–Trinajstić information content (AvgIpc) is 2.27. The molecule has 1 aromatic rings. The molecule has 0 unspecified atom stereocenters. The highest BCUT2D eigenvalue weighted by Crippen LogP contribution is 2.13. The Labute approximate surface area is 87.5 Å². The molecule has 0 spiro atoms. The summed E-state index contributed by atoms with van der Waals surface area (Å²) < 4.78 is 0. The number of carbonyl (C=O) groups excluding carboxylic acids is 1. The van der Waals surface area contributed by atoms with Crippen LogP contribution in [0, 0.1) is 11.3 Å². The van der Waals surface area contributed by atoms with Crippen molar-refractivity contribution >= 4 is 23.2 Å². The van der Waals surface area contributed by atoms with E-state index < -0.39 is 0 Å². The second kappa shape index (κ2) is 4.64. The fraction of sp³-hybridized carbons (Fsp3) is 0.200. The van der Waals surface area contributed by atoms with Crippen molar-refractivity contribution in [1.29, 1.82) is 5.26 Å². The average molecular weight is 209 g/mol. The van der Waals surface area contributed by atoms with Gasteiger partial charge in [-0.1, -0.05) is 0 Å². The second-order valence-electron chi connectivity index (χ2n) is 2.75. The van der Waals surface area contributed by atoms with Crippen molar-refractivity contribution in [1.82, 2.24) is 0 Å². The number of nitriles is 1. The largest absolute Gasteiger partial charge is 0.314 e. The Balaban J connectivity index is 2.88. The van der Waals surface area contributed by atoms with Gasteiger partial charge in [0.2, 0.25) is 5.91 Å². The van der Waals surface area contributed by atoms with E-state index in [1.807, 2.05) is 6.07 Å². The van der Waals surface area contributed by atoms with Gasteiger partial charge in [0.05, 0.1) is 11.6 Å². The van der Waals surface area contributed by atoms with Gasteiger partial charge in [0, 0.05) is 12.7 Å². The predicted octanol–water partition coefficient (Wildman–Crippen LogP) is 1.76. The van der Waals surface area contributed by atoms with E-state index in [2.05, 4.69) is 0 Å². The van der Waals surface area contributed by atoms with Gasteiger partial charge in [0.25, 0.3) is 0 Å². The first-order chi connectivity index (χ1) is 6.69. The van der Waals surface area contributed by atoms with Crippen LogP contribution in [0.25, 0.3) is 0 Å². The van der Waals surface area contributed by atoms with Gasteiger partial charge < -0.3 is 4.90 Å². The van der Waals surface area contributed by atoms with E-state index in [1.165, 1.54) is 4.90 Å².